The van der Waals surface area contributed by atoms with Crippen molar-refractivity contribution < 1.29 is 4.74 Å². The minimum atomic E-state index is 0.225. The fraction of sp³-hybridized carbons (Fsp3) is 0.600. The lowest BCUT2D eigenvalue weighted by molar-refractivity contribution is 0.0930. The average Bonchev–Trinajstić information content (AvgIpc) is 2.39. The van der Waals surface area contributed by atoms with E-state index in [9.17, 15) is 0 Å². The lowest BCUT2D eigenvalue weighted by atomic mass is 10.1. The van der Waals surface area contributed by atoms with Crippen LogP contribution >= 0.6 is 0 Å². The summed E-state index contributed by atoms with van der Waals surface area (Å²) < 4.78 is 5.54. The van der Waals surface area contributed by atoms with E-state index in [0.717, 1.165) is 32.6 Å². The van der Waals surface area contributed by atoms with E-state index in [0.29, 0.717) is 6.04 Å². The van der Waals surface area contributed by atoms with Gasteiger partial charge in [-0.1, -0.05) is 19.1 Å². The third kappa shape index (κ3) is 3.24. The van der Waals surface area contributed by atoms with Crippen LogP contribution in [0.25, 0.3) is 0 Å². The molecule has 0 aromatic heterocycles. The highest BCUT2D eigenvalue weighted by Crippen LogP contribution is 2.22. The molecule has 2 unspecified atom stereocenters. The molecule has 0 bridgehead atoms. The zero-order valence-electron chi connectivity index (χ0n) is 11.4. The van der Waals surface area contributed by atoms with Crippen molar-refractivity contribution in [2.45, 2.75) is 38.8 Å². The number of ether oxygens (including phenoxy) is 1. The van der Waals surface area contributed by atoms with Crippen LogP contribution in [0, 0.1) is 0 Å². The molecule has 100 valence electrons. The van der Waals surface area contributed by atoms with Crippen LogP contribution in [-0.2, 0) is 11.2 Å². The van der Waals surface area contributed by atoms with Gasteiger partial charge in [0.1, 0.15) is 0 Å². The van der Waals surface area contributed by atoms with Gasteiger partial charge in [0, 0.05) is 18.3 Å². The monoisotopic (exact) mass is 248 g/mol. The predicted octanol–water partition coefficient (Wildman–Crippen LogP) is 2.19. The number of benzene rings is 1. The van der Waals surface area contributed by atoms with E-state index in [-0.39, 0.29) is 6.04 Å². The molecule has 1 aromatic rings. The van der Waals surface area contributed by atoms with Crippen LogP contribution in [0.5, 0.6) is 0 Å². The SMILES string of the molecule is CCC1COCCN1c1ccc(CC(C)N)cc1. The van der Waals surface area contributed by atoms with E-state index in [4.69, 9.17) is 10.5 Å². The van der Waals surface area contributed by atoms with Gasteiger partial charge < -0.3 is 15.4 Å². The number of rotatable bonds is 4. The maximum absolute atomic E-state index is 5.82. The normalized spacial score (nSPS) is 21.9. The molecule has 0 amide bonds. The van der Waals surface area contributed by atoms with E-state index in [1.807, 2.05) is 6.92 Å². The van der Waals surface area contributed by atoms with Gasteiger partial charge in [0.2, 0.25) is 0 Å². The van der Waals surface area contributed by atoms with Gasteiger partial charge in [0.05, 0.1) is 19.3 Å². The number of hydrogen-bond acceptors (Lipinski definition) is 3. The fourth-order valence-electron chi connectivity index (χ4n) is 2.53. The van der Waals surface area contributed by atoms with E-state index < -0.39 is 0 Å². The van der Waals surface area contributed by atoms with Crippen molar-refractivity contribution in [3.05, 3.63) is 29.8 Å². The first-order chi connectivity index (χ1) is 8.70. The minimum Gasteiger partial charge on any atom is -0.377 e. The summed E-state index contributed by atoms with van der Waals surface area (Å²) in [4.78, 5) is 2.46. The van der Waals surface area contributed by atoms with Gasteiger partial charge in [-0.25, -0.2) is 0 Å². The molecule has 3 heteroatoms. The van der Waals surface area contributed by atoms with Crippen molar-refractivity contribution in [1.82, 2.24) is 0 Å². The average molecular weight is 248 g/mol. The Morgan fingerprint density at radius 3 is 2.72 bits per heavy atom. The molecule has 0 radical (unpaired) electrons. The minimum absolute atomic E-state index is 0.225. The van der Waals surface area contributed by atoms with Gasteiger partial charge in [-0.15, -0.1) is 0 Å². The topological polar surface area (TPSA) is 38.5 Å². The van der Waals surface area contributed by atoms with Crippen LogP contribution in [0.1, 0.15) is 25.8 Å². The predicted molar refractivity (Wildman–Crippen MR) is 76.0 cm³/mol. The van der Waals surface area contributed by atoms with Crippen molar-refractivity contribution >= 4 is 5.69 Å². The molecular weight excluding hydrogens is 224 g/mol. The Balaban J connectivity index is 2.07. The molecule has 1 fully saturated rings. The molecule has 1 aromatic carbocycles. The van der Waals surface area contributed by atoms with Crippen molar-refractivity contribution in [2.24, 2.45) is 5.73 Å². The second kappa shape index (κ2) is 6.21. The number of anilines is 1. The largest absolute Gasteiger partial charge is 0.377 e. The van der Waals surface area contributed by atoms with Gasteiger partial charge in [-0.05, 0) is 37.5 Å². The zero-order chi connectivity index (χ0) is 13.0. The van der Waals surface area contributed by atoms with Crippen LogP contribution in [0.3, 0.4) is 0 Å². The molecule has 1 heterocycles. The highest BCUT2D eigenvalue weighted by molar-refractivity contribution is 5.49. The van der Waals surface area contributed by atoms with Crippen molar-refractivity contribution in [3.8, 4) is 0 Å². The second-order valence-electron chi connectivity index (χ2n) is 5.18. The molecule has 0 saturated carbocycles. The Hall–Kier alpha value is -1.06. The maximum Gasteiger partial charge on any atom is 0.0670 e. The molecule has 18 heavy (non-hydrogen) atoms. The highest BCUT2D eigenvalue weighted by atomic mass is 16.5. The Labute approximate surface area is 110 Å². The van der Waals surface area contributed by atoms with E-state index >= 15 is 0 Å². The molecule has 2 N–H and O–H groups in total. The number of morpholine rings is 1. The van der Waals surface area contributed by atoms with Crippen LogP contribution < -0.4 is 10.6 Å². The second-order valence-corrected chi connectivity index (χ2v) is 5.18. The summed E-state index contributed by atoms with van der Waals surface area (Å²) in [7, 11) is 0. The summed E-state index contributed by atoms with van der Waals surface area (Å²) in [6.45, 7) is 6.93. The Morgan fingerprint density at radius 2 is 2.11 bits per heavy atom. The standard InChI is InChI=1S/C15H24N2O/c1-3-14-11-18-9-8-17(14)15-6-4-13(5-7-15)10-12(2)16/h4-7,12,14H,3,8-11,16H2,1-2H3. The molecule has 1 saturated heterocycles. The Morgan fingerprint density at radius 1 is 1.39 bits per heavy atom. The molecule has 0 spiro atoms. The molecule has 0 aliphatic carbocycles. The number of hydrogen-bond donors (Lipinski definition) is 1. The van der Waals surface area contributed by atoms with Crippen LogP contribution in [0.2, 0.25) is 0 Å². The first kappa shape index (κ1) is 13.4. The zero-order valence-corrected chi connectivity index (χ0v) is 11.4. The third-order valence-corrected chi connectivity index (χ3v) is 3.52. The van der Waals surface area contributed by atoms with Crippen molar-refractivity contribution in [2.75, 3.05) is 24.7 Å². The van der Waals surface area contributed by atoms with Crippen molar-refractivity contribution in [3.63, 3.8) is 0 Å². The Kier molecular flexibility index (Phi) is 4.61. The summed E-state index contributed by atoms with van der Waals surface area (Å²) in [6.07, 6.45) is 2.07. The van der Waals surface area contributed by atoms with Gasteiger partial charge in [0.15, 0.2) is 0 Å². The third-order valence-electron chi connectivity index (χ3n) is 3.52. The highest BCUT2D eigenvalue weighted by Gasteiger charge is 2.21. The summed E-state index contributed by atoms with van der Waals surface area (Å²) in [5.41, 5.74) is 8.44. The molecule has 3 nitrogen and oxygen atoms in total. The van der Waals surface area contributed by atoms with Crippen LogP contribution in [0.4, 0.5) is 5.69 Å². The van der Waals surface area contributed by atoms with Gasteiger partial charge in [-0.3, -0.25) is 0 Å². The summed E-state index contributed by atoms with van der Waals surface area (Å²) in [5.74, 6) is 0. The molecule has 1 aliphatic heterocycles. The molecule has 2 atom stereocenters. The summed E-state index contributed by atoms with van der Waals surface area (Å²) in [6, 6.07) is 9.56. The van der Waals surface area contributed by atoms with Gasteiger partial charge in [-0.2, -0.15) is 0 Å². The van der Waals surface area contributed by atoms with Gasteiger partial charge in [0.25, 0.3) is 0 Å². The van der Waals surface area contributed by atoms with E-state index in [1.54, 1.807) is 0 Å². The summed E-state index contributed by atoms with van der Waals surface area (Å²) in [5, 5.41) is 0. The fourth-order valence-corrected chi connectivity index (χ4v) is 2.53. The maximum atomic E-state index is 5.82. The quantitative estimate of drug-likeness (QED) is 0.887. The first-order valence-corrected chi connectivity index (χ1v) is 6.89. The Bertz CT molecular complexity index is 361. The molecule has 2 rings (SSSR count). The van der Waals surface area contributed by atoms with Crippen molar-refractivity contribution in [1.29, 1.82) is 0 Å². The van der Waals surface area contributed by atoms with E-state index in [1.165, 1.54) is 11.3 Å². The smallest absolute Gasteiger partial charge is 0.0670 e. The number of nitrogens with two attached hydrogens (primary N) is 1. The first-order valence-electron chi connectivity index (χ1n) is 6.89. The summed E-state index contributed by atoms with van der Waals surface area (Å²) >= 11 is 0. The van der Waals surface area contributed by atoms with E-state index in [2.05, 4.69) is 36.1 Å². The molecular formula is C15H24N2O. The lowest BCUT2D eigenvalue weighted by Crippen LogP contribution is -2.45. The molecule has 1 aliphatic rings. The van der Waals surface area contributed by atoms with Gasteiger partial charge >= 0.3 is 0 Å². The van der Waals surface area contributed by atoms with Crippen LogP contribution in [-0.4, -0.2) is 31.8 Å². The lowest BCUT2D eigenvalue weighted by Gasteiger charge is -2.37. The number of nitrogens with zero attached hydrogens (tertiary/aromatic N) is 1. The van der Waals surface area contributed by atoms with Crippen LogP contribution in [0.15, 0.2) is 24.3 Å².